The van der Waals surface area contributed by atoms with Gasteiger partial charge < -0.3 is 10.0 Å². The van der Waals surface area contributed by atoms with Gasteiger partial charge in [0.15, 0.2) is 0 Å². The van der Waals surface area contributed by atoms with Gasteiger partial charge in [0.25, 0.3) is 0 Å². The Morgan fingerprint density at radius 2 is 1.86 bits per heavy atom. The molecular formula is C12H25NO. The van der Waals surface area contributed by atoms with E-state index in [0.717, 1.165) is 12.5 Å². The van der Waals surface area contributed by atoms with Crippen LogP contribution in [0.25, 0.3) is 0 Å². The monoisotopic (exact) mass is 199 g/mol. The minimum Gasteiger partial charge on any atom is -0.389 e. The Labute approximate surface area is 88.3 Å². The zero-order valence-electron chi connectivity index (χ0n) is 9.92. The number of piperidine rings is 1. The molecular weight excluding hydrogens is 174 g/mol. The van der Waals surface area contributed by atoms with Gasteiger partial charge >= 0.3 is 0 Å². The Bertz CT molecular complexity index is 154. The molecule has 2 heteroatoms. The van der Waals surface area contributed by atoms with E-state index in [1.807, 2.05) is 13.8 Å². The fourth-order valence-electron chi connectivity index (χ4n) is 2.39. The lowest BCUT2D eigenvalue weighted by atomic mass is 9.92. The summed E-state index contributed by atoms with van der Waals surface area (Å²) in [5.41, 5.74) is -0.530. The summed E-state index contributed by atoms with van der Waals surface area (Å²) in [4.78, 5) is 2.40. The van der Waals surface area contributed by atoms with Crippen molar-refractivity contribution in [3.05, 3.63) is 0 Å². The first kappa shape index (κ1) is 12.0. The van der Waals surface area contributed by atoms with Gasteiger partial charge in [-0.2, -0.15) is 0 Å². The lowest BCUT2D eigenvalue weighted by Gasteiger charge is -2.35. The fourth-order valence-corrected chi connectivity index (χ4v) is 2.39. The summed E-state index contributed by atoms with van der Waals surface area (Å²) in [6.45, 7) is 9.23. The molecule has 0 saturated carbocycles. The molecule has 0 bridgehead atoms. The first-order valence-corrected chi connectivity index (χ1v) is 5.96. The van der Waals surface area contributed by atoms with E-state index in [4.69, 9.17) is 0 Å². The molecule has 0 aliphatic carbocycles. The van der Waals surface area contributed by atoms with Crippen LogP contribution in [0.15, 0.2) is 0 Å². The Hall–Kier alpha value is -0.0800. The molecule has 0 atom stereocenters. The lowest BCUT2D eigenvalue weighted by molar-refractivity contribution is 0.0239. The number of nitrogens with zero attached hydrogens (tertiary/aromatic N) is 1. The van der Waals surface area contributed by atoms with E-state index >= 15 is 0 Å². The van der Waals surface area contributed by atoms with Gasteiger partial charge in [-0.25, -0.2) is 0 Å². The predicted molar refractivity (Wildman–Crippen MR) is 60.4 cm³/mol. The molecule has 0 amide bonds. The number of hydrogen-bond donors (Lipinski definition) is 1. The average Bonchev–Trinajstić information content (AvgIpc) is 2.06. The standard InChI is InChI=1S/C12H25NO/c1-4-5-11-6-8-13(9-7-11)10-12(2,3)14/h11,14H,4-10H2,1-3H3. The number of β-amino-alcohol motifs (C(OH)–C–C–N with tert-alkyl or cyclic N) is 1. The summed E-state index contributed by atoms with van der Waals surface area (Å²) in [6.07, 6.45) is 5.35. The second-order valence-electron chi connectivity index (χ2n) is 5.32. The molecule has 1 aliphatic heterocycles. The van der Waals surface area contributed by atoms with Crippen molar-refractivity contribution in [1.82, 2.24) is 4.90 Å². The normalized spacial score (nSPS) is 21.4. The number of likely N-dealkylation sites (tertiary alicyclic amines) is 1. The van der Waals surface area contributed by atoms with Crippen LogP contribution < -0.4 is 0 Å². The van der Waals surface area contributed by atoms with Crippen LogP contribution in [0.5, 0.6) is 0 Å². The second kappa shape index (κ2) is 5.13. The number of hydrogen-bond acceptors (Lipinski definition) is 2. The molecule has 0 unspecified atom stereocenters. The summed E-state index contributed by atoms with van der Waals surface area (Å²) in [5, 5.41) is 9.70. The van der Waals surface area contributed by atoms with Gasteiger partial charge in [-0.3, -0.25) is 0 Å². The van der Waals surface area contributed by atoms with Crippen molar-refractivity contribution in [2.24, 2.45) is 5.92 Å². The molecule has 14 heavy (non-hydrogen) atoms. The van der Waals surface area contributed by atoms with Crippen molar-refractivity contribution in [2.45, 2.75) is 52.1 Å². The summed E-state index contributed by atoms with van der Waals surface area (Å²) in [6, 6.07) is 0. The van der Waals surface area contributed by atoms with Crippen LogP contribution in [-0.4, -0.2) is 35.2 Å². The fraction of sp³-hybridized carbons (Fsp3) is 1.00. The Kier molecular flexibility index (Phi) is 4.39. The highest BCUT2D eigenvalue weighted by Crippen LogP contribution is 2.22. The number of rotatable bonds is 4. The first-order valence-electron chi connectivity index (χ1n) is 5.96. The molecule has 0 aromatic heterocycles. The Balaban J connectivity index is 2.22. The maximum atomic E-state index is 9.70. The molecule has 1 aliphatic rings. The van der Waals surface area contributed by atoms with Crippen LogP contribution in [0.4, 0.5) is 0 Å². The van der Waals surface area contributed by atoms with E-state index in [-0.39, 0.29) is 0 Å². The van der Waals surface area contributed by atoms with Crippen molar-refractivity contribution < 1.29 is 5.11 Å². The van der Waals surface area contributed by atoms with Crippen LogP contribution in [0.1, 0.15) is 46.5 Å². The van der Waals surface area contributed by atoms with Gasteiger partial charge in [0.2, 0.25) is 0 Å². The highest BCUT2D eigenvalue weighted by Gasteiger charge is 2.23. The van der Waals surface area contributed by atoms with E-state index in [0.29, 0.717) is 0 Å². The second-order valence-corrected chi connectivity index (χ2v) is 5.32. The van der Waals surface area contributed by atoms with Crippen molar-refractivity contribution in [1.29, 1.82) is 0 Å². The maximum absolute atomic E-state index is 9.70. The third kappa shape index (κ3) is 4.43. The summed E-state index contributed by atoms with van der Waals surface area (Å²) >= 11 is 0. The minimum absolute atomic E-state index is 0.530. The number of aliphatic hydroxyl groups is 1. The minimum atomic E-state index is -0.530. The molecule has 1 fully saturated rings. The topological polar surface area (TPSA) is 23.5 Å². The van der Waals surface area contributed by atoms with Crippen molar-refractivity contribution in [3.8, 4) is 0 Å². The third-order valence-corrected chi connectivity index (χ3v) is 3.01. The summed E-state index contributed by atoms with van der Waals surface area (Å²) in [7, 11) is 0. The quantitative estimate of drug-likeness (QED) is 0.751. The summed E-state index contributed by atoms with van der Waals surface area (Å²) < 4.78 is 0. The molecule has 1 N–H and O–H groups in total. The van der Waals surface area contributed by atoms with Crippen LogP contribution in [0.2, 0.25) is 0 Å². The predicted octanol–water partition coefficient (Wildman–Crippen LogP) is 2.27. The van der Waals surface area contributed by atoms with Crippen molar-refractivity contribution in [2.75, 3.05) is 19.6 Å². The molecule has 1 heterocycles. The van der Waals surface area contributed by atoms with Crippen LogP contribution >= 0.6 is 0 Å². The van der Waals surface area contributed by atoms with Crippen molar-refractivity contribution >= 4 is 0 Å². The van der Waals surface area contributed by atoms with E-state index < -0.39 is 5.60 Å². The van der Waals surface area contributed by atoms with E-state index in [1.54, 1.807) is 0 Å². The maximum Gasteiger partial charge on any atom is 0.0718 e. The van der Waals surface area contributed by atoms with Gasteiger partial charge in [-0.15, -0.1) is 0 Å². The van der Waals surface area contributed by atoms with Crippen LogP contribution in [0, 0.1) is 5.92 Å². The molecule has 84 valence electrons. The SMILES string of the molecule is CCCC1CCN(CC(C)(C)O)CC1. The zero-order valence-corrected chi connectivity index (χ0v) is 9.92. The highest BCUT2D eigenvalue weighted by atomic mass is 16.3. The molecule has 1 rings (SSSR count). The van der Waals surface area contributed by atoms with E-state index in [9.17, 15) is 5.11 Å². The smallest absolute Gasteiger partial charge is 0.0718 e. The largest absolute Gasteiger partial charge is 0.389 e. The van der Waals surface area contributed by atoms with Gasteiger partial charge in [0.05, 0.1) is 5.60 Å². The Morgan fingerprint density at radius 1 is 1.29 bits per heavy atom. The molecule has 1 saturated heterocycles. The van der Waals surface area contributed by atoms with Crippen molar-refractivity contribution in [3.63, 3.8) is 0 Å². The first-order chi connectivity index (χ1) is 6.51. The molecule has 2 nitrogen and oxygen atoms in total. The highest BCUT2D eigenvalue weighted by molar-refractivity contribution is 4.77. The van der Waals surface area contributed by atoms with Gasteiger partial charge in [-0.1, -0.05) is 19.8 Å². The summed E-state index contributed by atoms with van der Waals surface area (Å²) in [5.74, 6) is 0.943. The zero-order chi connectivity index (χ0) is 10.6. The molecule has 0 aromatic carbocycles. The van der Waals surface area contributed by atoms with E-state index in [2.05, 4.69) is 11.8 Å². The molecule has 0 radical (unpaired) electrons. The van der Waals surface area contributed by atoms with Gasteiger partial charge in [0, 0.05) is 6.54 Å². The van der Waals surface area contributed by atoms with Gasteiger partial charge in [0.1, 0.15) is 0 Å². The van der Waals surface area contributed by atoms with Gasteiger partial charge in [-0.05, 0) is 45.7 Å². The average molecular weight is 199 g/mol. The lowest BCUT2D eigenvalue weighted by Crippen LogP contribution is -2.42. The third-order valence-electron chi connectivity index (χ3n) is 3.01. The van der Waals surface area contributed by atoms with Crippen LogP contribution in [0.3, 0.4) is 0 Å². The van der Waals surface area contributed by atoms with Crippen LogP contribution in [-0.2, 0) is 0 Å². The van der Waals surface area contributed by atoms with E-state index in [1.165, 1.54) is 38.8 Å². The Morgan fingerprint density at radius 3 is 2.29 bits per heavy atom. The molecule has 0 spiro atoms. The molecule has 0 aromatic rings.